The van der Waals surface area contributed by atoms with Gasteiger partial charge in [-0.3, -0.25) is 0 Å². The highest BCUT2D eigenvalue weighted by atomic mass is 16.5. The number of carboxylic acid groups (broad SMARTS) is 1. The molecule has 1 aromatic heterocycles. The molecule has 124 valence electrons. The second kappa shape index (κ2) is 7.08. The van der Waals surface area contributed by atoms with E-state index in [1.165, 1.54) is 11.8 Å². The molecule has 8 heteroatoms. The Labute approximate surface area is 134 Å². The first-order valence-electron chi connectivity index (χ1n) is 7.21. The first-order valence-corrected chi connectivity index (χ1v) is 7.21. The van der Waals surface area contributed by atoms with E-state index in [0.29, 0.717) is 29.3 Å². The Bertz CT molecular complexity index is 684. The maximum absolute atomic E-state index is 11.6. The molecule has 2 aromatic rings. The number of methoxy groups -OCH3 is 2. The first-order chi connectivity index (χ1) is 11.0. The predicted octanol–water partition coefficient (Wildman–Crippen LogP) is 2.03. The zero-order chi connectivity index (χ0) is 17.0. The normalized spacial score (nSPS) is 12.2. The molecule has 0 amide bonds. The van der Waals surface area contributed by atoms with E-state index in [0.717, 1.165) is 0 Å². The smallest absolute Gasteiger partial charge is 0.328 e. The summed E-state index contributed by atoms with van der Waals surface area (Å²) in [6.45, 7) is 3.91. The van der Waals surface area contributed by atoms with Gasteiger partial charge in [0.05, 0.1) is 14.2 Å². The molecular weight excluding hydrogens is 300 g/mol. The van der Waals surface area contributed by atoms with Crippen molar-refractivity contribution < 1.29 is 19.4 Å². The summed E-state index contributed by atoms with van der Waals surface area (Å²) in [6, 6.07) is 4.38. The average molecular weight is 320 g/mol. The summed E-state index contributed by atoms with van der Waals surface area (Å²) in [4.78, 5) is 11.6. The van der Waals surface area contributed by atoms with E-state index in [-0.39, 0.29) is 5.92 Å². The Balaban J connectivity index is 2.46. The third kappa shape index (κ3) is 3.58. The third-order valence-corrected chi connectivity index (χ3v) is 3.41. The molecule has 8 nitrogen and oxygen atoms in total. The van der Waals surface area contributed by atoms with E-state index >= 15 is 0 Å². The molecule has 1 N–H and O–H groups in total. The Morgan fingerprint density at radius 1 is 1.26 bits per heavy atom. The Morgan fingerprint density at radius 3 is 2.52 bits per heavy atom. The minimum absolute atomic E-state index is 0.193. The van der Waals surface area contributed by atoms with E-state index in [2.05, 4.69) is 15.5 Å². The quantitative estimate of drug-likeness (QED) is 0.833. The van der Waals surface area contributed by atoms with Gasteiger partial charge in [0.2, 0.25) is 0 Å². The molecule has 1 unspecified atom stereocenters. The van der Waals surface area contributed by atoms with Crippen molar-refractivity contribution in [1.82, 2.24) is 20.2 Å². The molecule has 0 spiro atoms. The van der Waals surface area contributed by atoms with Crippen molar-refractivity contribution in [3.63, 3.8) is 0 Å². The molecule has 1 heterocycles. The summed E-state index contributed by atoms with van der Waals surface area (Å²) in [5, 5.41) is 21.0. The molecule has 0 aliphatic heterocycles. The minimum Gasteiger partial charge on any atom is -0.493 e. The maximum atomic E-state index is 11.6. The molecular formula is C15H20N4O4. The van der Waals surface area contributed by atoms with Gasteiger partial charge in [-0.15, -0.1) is 5.10 Å². The zero-order valence-electron chi connectivity index (χ0n) is 13.6. The van der Waals surface area contributed by atoms with Crippen LogP contribution in [0.5, 0.6) is 11.5 Å². The number of benzene rings is 1. The molecule has 0 aliphatic carbocycles. The summed E-state index contributed by atoms with van der Waals surface area (Å²) >= 11 is 0. The second-order valence-corrected chi connectivity index (χ2v) is 5.50. The van der Waals surface area contributed by atoms with Crippen LogP contribution in [0.3, 0.4) is 0 Å². The van der Waals surface area contributed by atoms with E-state index < -0.39 is 12.0 Å². The lowest BCUT2D eigenvalue weighted by Crippen LogP contribution is -2.23. The monoisotopic (exact) mass is 320 g/mol. The fourth-order valence-corrected chi connectivity index (χ4v) is 2.32. The van der Waals surface area contributed by atoms with Gasteiger partial charge in [0.1, 0.15) is 0 Å². The van der Waals surface area contributed by atoms with Gasteiger partial charge in [-0.1, -0.05) is 13.8 Å². The van der Waals surface area contributed by atoms with Crippen LogP contribution in [-0.4, -0.2) is 45.5 Å². The van der Waals surface area contributed by atoms with Crippen molar-refractivity contribution in [1.29, 1.82) is 0 Å². The lowest BCUT2D eigenvalue weighted by molar-refractivity contribution is -0.141. The molecule has 0 bridgehead atoms. The topological polar surface area (TPSA) is 99.4 Å². The highest BCUT2D eigenvalue weighted by Crippen LogP contribution is 2.32. The summed E-state index contributed by atoms with van der Waals surface area (Å²) in [7, 11) is 3.08. The molecule has 0 saturated heterocycles. The second-order valence-electron chi connectivity index (χ2n) is 5.50. The number of carbonyl (C=O) groups is 1. The minimum atomic E-state index is -0.965. The van der Waals surface area contributed by atoms with Crippen molar-refractivity contribution in [2.75, 3.05) is 14.2 Å². The van der Waals surface area contributed by atoms with Gasteiger partial charge in [-0.2, -0.15) is 0 Å². The maximum Gasteiger partial charge on any atom is 0.328 e. The third-order valence-electron chi connectivity index (χ3n) is 3.41. The van der Waals surface area contributed by atoms with E-state index in [4.69, 9.17) is 9.47 Å². The van der Waals surface area contributed by atoms with E-state index in [1.54, 1.807) is 25.3 Å². The summed E-state index contributed by atoms with van der Waals surface area (Å²) in [6.07, 6.45) is 0.431. The fourth-order valence-electron chi connectivity index (χ4n) is 2.32. The molecule has 0 fully saturated rings. The summed E-state index contributed by atoms with van der Waals surface area (Å²) in [5.41, 5.74) is 0.655. The van der Waals surface area contributed by atoms with Crippen LogP contribution < -0.4 is 9.47 Å². The van der Waals surface area contributed by atoms with Crippen LogP contribution in [0.15, 0.2) is 18.2 Å². The van der Waals surface area contributed by atoms with E-state index in [1.807, 2.05) is 13.8 Å². The zero-order valence-corrected chi connectivity index (χ0v) is 13.6. The van der Waals surface area contributed by atoms with Crippen molar-refractivity contribution >= 4 is 5.97 Å². The Kier molecular flexibility index (Phi) is 5.15. The Morgan fingerprint density at radius 2 is 1.96 bits per heavy atom. The highest BCUT2D eigenvalue weighted by molar-refractivity contribution is 5.73. The SMILES string of the molecule is COc1ccc(-c2nnnn2C(CC(C)C)C(=O)O)cc1OC. The van der Waals surface area contributed by atoms with Crippen molar-refractivity contribution in [3.05, 3.63) is 18.2 Å². The lowest BCUT2D eigenvalue weighted by Gasteiger charge is -2.16. The molecule has 0 aliphatic rings. The first kappa shape index (κ1) is 16.7. The van der Waals surface area contributed by atoms with Gasteiger partial charge in [0.25, 0.3) is 0 Å². The number of ether oxygens (including phenoxy) is 2. The van der Waals surface area contributed by atoms with Crippen molar-refractivity contribution in [2.24, 2.45) is 5.92 Å². The van der Waals surface area contributed by atoms with Crippen LogP contribution in [0, 0.1) is 5.92 Å². The van der Waals surface area contributed by atoms with Crippen LogP contribution in [0.2, 0.25) is 0 Å². The van der Waals surface area contributed by atoms with E-state index in [9.17, 15) is 9.90 Å². The fraction of sp³-hybridized carbons (Fsp3) is 0.467. The van der Waals surface area contributed by atoms with Crippen LogP contribution in [0.4, 0.5) is 0 Å². The molecule has 1 atom stereocenters. The number of aromatic nitrogens is 4. The number of nitrogens with zero attached hydrogens (tertiary/aromatic N) is 4. The van der Waals surface area contributed by atoms with Crippen molar-refractivity contribution in [3.8, 4) is 22.9 Å². The largest absolute Gasteiger partial charge is 0.493 e. The number of carboxylic acids is 1. The molecule has 0 saturated carbocycles. The van der Waals surface area contributed by atoms with Crippen LogP contribution in [-0.2, 0) is 4.79 Å². The van der Waals surface area contributed by atoms with Crippen molar-refractivity contribution in [2.45, 2.75) is 26.3 Å². The number of aliphatic carboxylic acids is 1. The number of hydrogen-bond donors (Lipinski definition) is 1. The molecule has 1 aromatic carbocycles. The molecule has 23 heavy (non-hydrogen) atoms. The predicted molar refractivity (Wildman–Crippen MR) is 82.5 cm³/mol. The van der Waals surface area contributed by atoms with Gasteiger partial charge >= 0.3 is 5.97 Å². The molecule has 2 rings (SSSR count). The van der Waals surface area contributed by atoms with Crippen LogP contribution in [0.1, 0.15) is 26.3 Å². The van der Waals surface area contributed by atoms with Gasteiger partial charge in [-0.05, 0) is 41.0 Å². The van der Waals surface area contributed by atoms with Crippen LogP contribution in [0.25, 0.3) is 11.4 Å². The highest BCUT2D eigenvalue weighted by Gasteiger charge is 2.26. The average Bonchev–Trinajstić information content (AvgIpc) is 3.00. The summed E-state index contributed by atoms with van der Waals surface area (Å²) in [5.74, 6) is 0.702. The van der Waals surface area contributed by atoms with Gasteiger partial charge in [0.15, 0.2) is 23.4 Å². The van der Waals surface area contributed by atoms with Gasteiger partial charge in [0, 0.05) is 5.56 Å². The lowest BCUT2D eigenvalue weighted by atomic mass is 10.0. The summed E-state index contributed by atoms with van der Waals surface area (Å²) < 4.78 is 11.8. The molecule has 0 radical (unpaired) electrons. The number of hydrogen-bond acceptors (Lipinski definition) is 6. The van der Waals surface area contributed by atoms with Crippen LogP contribution >= 0.6 is 0 Å². The van der Waals surface area contributed by atoms with Gasteiger partial charge in [-0.25, -0.2) is 9.48 Å². The standard InChI is InChI=1S/C15H20N4O4/c1-9(2)7-11(15(20)21)19-14(16-17-18-19)10-5-6-12(22-3)13(8-10)23-4/h5-6,8-9,11H,7H2,1-4H3,(H,20,21). The number of rotatable bonds is 7. The Hall–Kier alpha value is -2.64. The van der Waals surface area contributed by atoms with Gasteiger partial charge < -0.3 is 14.6 Å². The number of tetrazole rings is 1.